The van der Waals surface area contributed by atoms with Crippen molar-refractivity contribution in [3.63, 3.8) is 0 Å². The van der Waals surface area contributed by atoms with Gasteiger partial charge in [0.15, 0.2) is 0 Å². The van der Waals surface area contributed by atoms with Crippen LogP contribution in [-0.4, -0.2) is 6.04 Å². The van der Waals surface area contributed by atoms with Gasteiger partial charge < -0.3 is 5.32 Å². The van der Waals surface area contributed by atoms with Crippen molar-refractivity contribution in [1.82, 2.24) is 0 Å². The predicted octanol–water partition coefficient (Wildman–Crippen LogP) is 4.07. The zero-order valence-corrected chi connectivity index (χ0v) is 9.65. The molecule has 84 valence electrons. The highest BCUT2D eigenvalue weighted by molar-refractivity contribution is 5.70. The van der Waals surface area contributed by atoms with Gasteiger partial charge in [0, 0.05) is 11.7 Å². The Morgan fingerprint density at radius 3 is 2.69 bits per heavy atom. The van der Waals surface area contributed by atoms with E-state index in [1.807, 2.05) is 0 Å². The molecule has 0 amide bonds. The van der Waals surface area contributed by atoms with Crippen LogP contribution >= 0.6 is 0 Å². The Morgan fingerprint density at radius 1 is 1.00 bits per heavy atom. The molecule has 1 aromatic carbocycles. The van der Waals surface area contributed by atoms with Gasteiger partial charge in [0.25, 0.3) is 0 Å². The lowest BCUT2D eigenvalue weighted by atomic mass is 9.82. The summed E-state index contributed by atoms with van der Waals surface area (Å²) in [6.07, 6.45) is 11.7. The number of nitrogens with one attached hydrogen (secondary N) is 1. The van der Waals surface area contributed by atoms with E-state index in [0.29, 0.717) is 6.04 Å². The molecule has 1 heterocycles. The molecule has 0 aromatic heterocycles. The maximum atomic E-state index is 3.68. The van der Waals surface area contributed by atoms with Crippen LogP contribution in [0.2, 0.25) is 0 Å². The van der Waals surface area contributed by atoms with Crippen LogP contribution in [0.1, 0.15) is 37.7 Å². The van der Waals surface area contributed by atoms with Gasteiger partial charge in [-0.3, -0.25) is 0 Å². The molecule has 1 saturated carbocycles. The molecule has 0 unspecified atom stereocenters. The van der Waals surface area contributed by atoms with Crippen molar-refractivity contribution >= 4 is 11.8 Å². The molecule has 1 aromatic rings. The van der Waals surface area contributed by atoms with Crippen LogP contribution in [0.25, 0.3) is 6.08 Å². The molecule has 0 bridgehead atoms. The third-order valence-corrected chi connectivity index (χ3v) is 3.92. The summed E-state index contributed by atoms with van der Waals surface area (Å²) in [5.41, 5.74) is 2.63. The smallest absolute Gasteiger partial charge is 0.0476 e. The average Bonchev–Trinajstić information content (AvgIpc) is 2.39. The summed E-state index contributed by atoms with van der Waals surface area (Å²) in [6.45, 7) is 0. The Labute approximate surface area is 97.6 Å². The Hall–Kier alpha value is -1.24. The molecular formula is C15H19N. The summed E-state index contributed by atoms with van der Waals surface area (Å²) in [4.78, 5) is 0. The van der Waals surface area contributed by atoms with Gasteiger partial charge >= 0.3 is 0 Å². The van der Waals surface area contributed by atoms with Crippen LogP contribution in [0.4, 0.5) is 5.69 Å². The normalized spacial score (nSPS) is 24.9. The van der Waals surface area contributed by atoms with E-state index in [2.05, 4.69) is 41.7 Å². The molecule has 3 rings (SSSR count). The first-order valence-corrected chi connectivity index (χ1v) is 6.47. The van der Waals surface area contributed by atoms with E-state index >= 15 is 0 Å². The number of hydrogen-bond donors (Lipinski definition) is 1. The van der Waals surface area contributed by atoms with E-state index < -0.39 is 0 Å². The van der Waals surface area contributed by atoms with Crippen LogP contribution in [0.15, 0.2) is 30.3 Å². The van der Waals surface area contributed by atoms with Crippen LogP contribution in [-0.2, 0) is 0 Å². The highest BCUT2D eigenvalue weighted by atomic mass is 14.9. The van der Waals surface area contributed by atoms with E-state index in [4.69, 9.17) is 0 Å². The standard InChI is InChI=1S/C15H19N/c1-2-6-12(7-3-1)15-11-10-13-8-4-5-9-14(13)16-15/h4-5,8-12,15-16H,1-3,6-7H2/t15-/m0/s1. The minimum atomic E-state index is 0.565. The van der Waals surface area contributed by atoms with Gasteiger partial charge in [0.05, 0.1) is 0 Å². The van der Waals surface area contributed by atoms with Crippen LogP contribution in [0, 0.1) is 5.92 Å². The first-order valence-electron chi connectivity index (χ1n) is 6.47. The van der Waals surface area contributed by atoms with Crippen molar-refractivity contribution in [2.45, 2.75) is 38.1 Å². The molecule has 2 aliphatic rings. The number of benzene rings is 1. The highest BCUT2D eigenvalue weighted by Crippen LogP contribution is 2.32. The summed E-state index contributed by atoms with van der Waals surface area (Å²) in [6, 6.07) is 9.15. The number of anilines is 1. The third kappa shape index (κ3) is 1.87. The SMILES string of the molecule is C1=C[C@@H](C2CCCCC2)Nc2ccccc21. The number of para-hydroxylation sites is 1. The molecular weight excluding hydrogens is 194 g/mol. The predicted molar refractivity (Wildman–Crippen MR) is 69.5 cm³/mol. The Balaban J connectivity index is 1.77. The number of hydrogen-bond acceptors (Lipinski definition) is 1. The fourth-order valence-corrected chi connectivity index (χ4v) is 2.98. The van der Waals surface area contributed by atoms with Crippen molar-refractivity contribution in [2.24, 2.45) is 5.92 Å². The number of rotatable bonds is 1. The monoisotopic (exact) mass is 213 g/mol. The average molecular weight is 213 g/mol. The lowest BCUT2D eigenvalue weighted by molar-refractivity contribution is 0.342. The second kappa shape index (κ2) is 4.32. The van der Waals surface area contributed by atoms with Crippen molar-refractivity contribution < 1.29 is 0 Å². The topological polar surface area (TPSA) is 12.0 Å². The summed E-state index contributed by atoms with van der Waals surface area (Å²) in [7, 11) is 0. The minimum absolute atomic E-state index is 0.565. The summed E-state index contributed by atoms with van der Waals surface area (Å²) >= 11 is 0. The van der Waals surface area contributed by atoms with Crippen molar-refractivity contribution in [1.29, 1.82) is 0 Å². The van der Waals surface area contributed by atoms with E-state index in [1.165, 1.54) is 43.4 Å². The lowest BCUT2D eigenvalue weighted by Gasteiger charge is -2.32. The second-order valence-corrected chi connectivity index (χ2v) is 5.01. The Morgan fingerprint density at radius 2 is 1.81 bits per heavy atom. The van der Waals surface area contributed by atoms with Crippen LogP contribution in [0.5, 0.6) is 0 Å². The molecule has 1 aliphatic heterocycles. The first-order chi connectivity index (χ1) is 7.93. The molecule has 16 heavy (non-hydrogen) atoms. The van der Waals surface area contributed by atoms with E-state index in [0.717, 1.165) is 5.92 Å². The van der Waals surface area contributed by atoms with Gasteiger partial charge in [-0.1, -0.05) is 49.6 Å². The zero-order valence-electron chi connectivity index (χ0n) is 9.65. The van der Waals surface area contributed by atoms with Gasteiger partial charge in [0.1, 0.15) is 0 Å². The van der Waals surface area contributed by atoms with Gasteiger partial charge in [-0.05, 0) is 30.4 Å². The fraction of sp³-hybridized carbons (Fsp3) is 0.467. The van der Waals surface area contributed by atoms with Gasteiger partial charge in [-0.15, -0.1) is 0 Å². The molecule has 1 heteroatoms. The molecule has 0 radical (unpaired) electrons. The molecule has 1 nitrogen and oxygen atoms in total. The zero-order chi connectivity index (χ0) is 10.8. The third-order valence-electron chi connectivity index (χ3n) is 3.92. The van der Waals surface area contributed by atoms with Crippen LogP contribution in [0.3, 0.4) is 0 Å². The fourth-order valence-electron chi connectivity index (χ4n) is 2.98. The maximum Gasteiger partial charge on any atom is 0.0476 e. The van der Waals surface area contributed by atoms with E-state index in [1.54, 1.807) is 0 Å². The molecule has 1 fully saturated rings. The highest BCUT2D eigenvalue weighted by Gasteiger charge is 2.23. The van der Waals surface area contributed by atoms with Gasteiger partial charge in [-0.2, -0.15) is 0 Å². The van der Waals surface area contributed by atoms with E-state index in [-0.39, 0.29) is 0 Å². The second-order valence-electron chi connectivity index (χ2n) is 5.01. The van der Waals surface area contributed by atoms with Crippen molar-refractivity contribution in [3.05, 3.63) is 35.9 Å². The first kappa shape index (κ1) is 9.95. The number of fused-ring (bicyclic) bond motifs is 1. The molecule has 1 atom stereocenters. The molecule has 1 aliphatic carbocycles. The van der Waals surface area contributed by atoms with Crippen LogP contribution < -0.4 is 5.32 Å². The summed E-state index contributed by atoms with van der Waals surface area (Å²) in [5.74, 6) is 0.846. The van der Waals surface area contributed by atoms with Gasteiger partial charge in [0.2, 0.25) is 0 Å². The van der Waals surface area contributed by atoms with E-state index in [9.17, 15) is 0 Å². The maximum absolute atomic E-state index is 3.68. The van der Waals surface area contributed by atoms with Crippen molar-refractivity contribution in [3.8, 4) is 0 Å². The Kier molecular flexibility index (Phi) is 2.69. The van der Waals surface area contributed by atoms with Crippen molar-refractivity contribution in [2.75, 3.05) is 5.32 Å². The van der Waals surface area contributed by atoms with Gasteiger partial charge in [-0.25, -0.2) is 0 Å². The minimum Gasteiger partial charge on any atom is -0.378 e. The molecule has 1 N–H and O–H groups in total. The molecule has 0 saturated heterocycles. The largest absolute Gasteiger partial charge is 0.378 e. The lowest BCUT2D eigenvalue weighted by Crippen LogP contribution is -2.30. The molecule has 0 spiro atoms. The summed E-state index contributed by atoms with van der Waals surface area (Å²) in [5, 5.41) is 3.68. The quantitative estimate of drug-likeness (QED) is 0.741. The summed E-state index contributed by atoms with van der Waals surface area (Å²) < 4.78 is 0. The Bertz CT molecular complexity index is 388.